The van der Waals surface area contributed by atoms with Crippen LogP contribution in [0, 0.1) is 4.77 Å². The fraction of sp³-hybridized carbons (Fsp3) is 0.500. The van der Waals surface area contributed by atoms with Gasteiger partial charge in [0.25, 0.3) is 0 Å². The molecular weight excluding hydrogens is 280 g/mol. The second kappa shape index (κ2) is 6.54. The molecule has 0 aliphatic carbocycles. The van der Waals surface area contributed by atoms with Crippen molar-refractivity contribution in [1.82, 2.24) is 19.7 Å². The molecule has 112 valence electrons. The average molecular weight is 302 g/mol. The fourth-order valence-electron chi connectivity index (χ4n) is 3.07. The van der Waals surface area contributed by atoms with E-state index in [1.807, 2.05) is 35.0 Å². The summed E-state index contributed by atoms with van der Waals surface area (Å²) in [5, 5.41) is 3.35. The molecule has 1 atom stereocenters. The highest BCUT2D eigenvalue weighted by molar-refractivity contribution is 7.71. The molecule has 0 saturated carbocycles. The molecule has 5 heteroatoms. The van der Waals surface area contributed by atoms with Crippen molar-refractivity contribution in [2.45, 2.75) is 45.3 Å². The maximum atomic E-state index is 5.41. The number of hydrogen-bond donors (Lipinski definition) is 1. The SMILES string of the molecule is CC[C@@H]1CCCCN1Cn1[nH]c(-c2ccccc2)nc1=S. The third kappa shape index (κ3) is 3.24. The molecule has 0 bridgehead atoms. The molecule has 1 aromatic heterocycles. The van der Waals surface area contributed by atoms with Crippen LogP contribution in [-0.2, 0) is 6.67 Å². The van der Waals surface area contributed by atoms with E-state index in [2.05, 4.69) is 21.9 Å². The van der Waals surface area contributed by atoms with E-state index in [4.69, 9.17) is 12.2 Å². The summed E-state index contributed by atoms with van der Waals surface area (Å²) in [5.74, 6) is 0.852. The molecule has 0 spiro atoms. The van der Waals surface area contributed by atoms with E-state index >= 15 is 0 Å². The largest absolute Gasteiger partial charge is 0.281 e. The van der Waals surface area contributed by atoms with Crippen molar-refractivity contribution in [3.05, 3.63) is 35.1 Å². The molecule has 1 fully saturated rings. The van der Waals surface area contributed by atoms with Crippen molar-refractivity contribution in [3.63, 3.8) is 0 Å². The molecule has 0 radical (unpaired) electrons. The van der Waals surface area contributed by atoms with E-state index in [9.17, 15) is 0 Å². The zero-order chi connectivity index (χ0) is 14.7. The highest BCUT2D eigenvalue weighted by Gasteiger charge is 2.21. The Bertz CT molecular complexity index is 631. The molecule has 2 heterocycles. The first-order valence-electron chi connectivity index (χ1n) is 7.74. The van der Waals surface area contributed by atoms with Crippen molar-refractivity contribution in [3.8, 4) is 11.4 Å². The van der Waals surface area contributed by atoms with E-state index in [0.717, 1.165) is 24.6 Å². The Morgan fingerprint density at radius 2 is 2.10 bits per heavy atom. The highest BCUT2D eigenvalue weighted by atomic mass is 32.1. The third-order valence-corrected chi connectivity index (χ3v) is 4.58. The summed E-state index contributed by atoms with van der Waals surface area (Å²) in [5.41, 5.74) is 1.08. The fourth-order valence-corrected chi connectivity index (χ4v) is 3.26. The summed E-state index contributed by atoms with van der Waals surface area (Å²) in [4.78, 5) is 7.01. The number of likely N-dealkylation sites (tertiary alicyclic amines) is 1. The van der Waals surface area contributed by atoms with Crippen LogP contribution in [0.15, 0.2) is 30.3 Å². The van der Waals surface area contributed by atoms with Gasteiger partial charge in [0.2, 0.25) is 4.77 Å². The van der Waals surface area contributed by atoms with Crippen LogP contribution < -0.4 is 0 Å². The minimum atomic E-state index is 0.634. The second-order valence-corrected chi connectivity index (χ2v) is 6.03. The Morgan fingerprint density at radius 3 is 2.86 bits per heavy atom. The minimum absolute atomic E-state index is 0.634. The van der Waals surface area contributed by atoms with Crippen LogP contribution in [0.25, 0.3) is 11.4 Å². The summed E-state index contributed by atoms with van der Waals surface area (Å²) in [6.45, 7) is 4.24. The lowest BCUT2D eigenvalue weighted by atomic mass is 10.0. The lowest BCUT2D eigenvalue weighted by Crippen LogP contribution is -2.40. The lowest BCUT2D eigenvalue weighted by Gasteiger charge is -2.34. The molecule has 1 saturated heterocycles. The van der Waals surface area contributed by atoms with Crippen LogP contribution in [0.4, 0.5) is 0 Å². The summed E-state index contributed by atoms with van der Waals surface area (Å²) >= 11 is 5.41. The summed E-state index contributed by atoms with van der Waals surface area (Å²) in [6.07, 6.45) is 5.12. The van der Waals surface area contributed by atoms with Crippen molar-refractivity contribution in [1.29, 1.82) is 0 Å². The van der Waals surface area contributed by atoms with Gasteiger partial charge in [0.1, 0.15) is 0 Å². The number of rotatable bonds is 4. The molecule has 1 aliphatic heterocycles. The number of H-pyrrole nitrogens is 1. The highest BCUT2D eigenvalue weighted by Crippen LogP contribution is 2.20. The first-order valence-corrected chi connectivity index (χ1v) is 8.15. The number of nitrogens with one attached hydrogen (secondary N) is 1. The predicted molar refractivity (Wildman–Crippen MR) is 87.5 cm³/mol. The number of benzene rings is 1. The Hall–Kier alpha value is -1.46. The molecule has 3 rings (SSSR count). The lowest BCUT2D eigenvalue weighted by molar-refractivity contribution is 0.101. The average Bonchev–Trinajstić information content (AvgIpc) is 2.90. The Balaban J connectivity index is 1.80. The van der Waals surface area contributed by atoms with E-state index in [1.165, 1.54) is 25.7 Å². The standard InChI is InChI=1S/C16H22N4S/c1-2-14-10-6-7-11-19(14)12-20-16(21)17-15(18-20)13-8-4-3-5-9-13/h3-5,8-9,14H,2,6-7,10-12H2,1H3,(H,17,18,21)/t14-/m1/s1. The smallest absolute Gasteiger partial charge is 0.217 e. The Labute approximate surface area is 130 Å². The monoisotopic (exact) mass is 302 g/mol. The molecule has 0 amide bonds. The molecule has 0 unspecified atom stereocenters. The van der Waals surface area contributed by atoms with Gasteiger partial charge in [-0.25, -0.2) is 4.68 Å². The summed E-state index contributed by atoms with van der Waals surface area (Å²) < 4.78 is 2.63. The van der Waals surface area contributed by atoms with Crippen LogP contribution in [0.3, 0.4) is 0 Å². The van der Waals surface area contributed by atoms with Crippen molar-refractivity contribution in [2.24, 2.45) is 0 Å². The minimum Gasteiger partial charge on any atom is -0.281 e. The summed E-state index contributed by atoms with van der Waals surface area (Å²) in [7, 11) is 0. The number of piperidine rings is 1. The zero-order valence-electron chi connectivity index (χ0n) is 12.5. The van der Waals surface area contributed by atoms with E-state index in [1.54, 1.807) is 0 Å². The van der Waals surface area contributed by atoms with Gasteiger partial charge < -0.3 is 0 Å². The van der Waals surface area contributed by atoms with Crippen molar-refractivity contribution in [2.75, 3.05) is 6.54 Å². The topological polar surface area (TPSA) is 36.9 Å². The van der Waals surface area contributed by atoms with Gasteiger partial charge >= 0.3 is 0 Å². The van der Waals surface area contributed by atoms with Crippen molar-refractivity contribution >= 4 is 12.2 Å². The van der Waals surface area contributed by atoms with Crippen LogP contribution in [-0.4, -0.2) is 32.3 Å². The van der Waals surface area contributed by atoms with Gasteiger partial charge in [0.05, 0.1) is 6.67 Å². The quantitative estimate of drug-likeness (QED) is 0.872. The molecule has 2 aromatic rings. The Kier molecular flexibility index (Phi) is 4.51. The summed E-state index contributed by atoms with van der Waals surface area (Å²) in [6, 6.07) is 10.8. The number of aromatic nitrogens is 3. The van der Waals surface area contributed by atoms with Crippen molar-refractivity contribution < 1.29 is 0 Å². The van der Waals surface area contributed by atoms with Gasteiger partial charge in [-0.3, -0.25) is 10.00 Å². The molecule has 1 aliphatic rings. The van der Waals surface area contributed by atoms with E-state index in [-0.39, 0.29) is 0 Å². The molecule has 1 N–H and O–H groups in total. The number of hydrogen-bond acceptors (Lipinski definition) is 3. The molecule has 4 nitrogen and oxygen atoms in total. The zero-order valence-corrected chi connectivity index (χ0v) is 13.3. The van der Waals surface area contributed by atoms with E-state index < -0.39 is 0 Å². The van der Waals surface area contributed by atoms with Gasteiger partial charge in [-0.15, -0.1) is 0 Å². The van der Waals surface area contributed by atoms with Gasteiger partial charge in [0, 0.05) is 18.2 Å². The molecular formula is C16H22N4S. The van der Waals surface area contributed by atoms with E-state index in [0.29, 0.717) is 10.8 Å². The maximum absolute atomic E-state index is 5.41. The maximum Gasteiger partial charge on any atom is 0.217 e. The van der Waals surface area contributed by atoms with Crippen LogP contribution in [0.1, 0.15) is 32.6 Å². The second-order valence-electron chi connectivity index (χ2n) is 5.66. The Morgan fingerprint density at radius 1 is 1.29 bits per heavy atom. The number of nitrogens with zero attached hydrogens (tertiary/aromatic N) is 3. The normalized spacial score (nSPS) is 19.8. The third-order valence-electron chi connectivity index (χ3n) is 4.27. The first-order chi connectivity index (χ1) is 10.3. The van der Waals surface area contributed by atoms with Crippen LogP contribution >= 0.6 is 12.2 Å². The van der Waals surface area contributed by atoms with Crippen LogP contribution in [0.2, 0.25) is 0 Å². The van der Waals surface area contributed by atoms with Gasteiger partial charge in [-0.05, 0) is 31.5 Å². The van der Waals surface area contributed by atoms with Gasteiger partial charge in [-0.2, -0.15) is 4.98 Å². The molecule has 21 heavy (non-hydrogen) atoms. The number of aromatic amines is 1. The predicted octanol–water partition coefficient (Wildman–Crippen LogP) is 3.83. The first kappa shape index (κ1) is 14.5. The van der Waals surface area contributed by atoms with Gasteiger partial charge in [-0.1, -0.05) is 43.7 Å². The van der Waals surface area contributed by atoms with Crippen LogP contribution in [0.5, 0.6) is 0 Å². The molecule has 1 aromatic carbocycles. The van der Waals surface area contributed by atoms with Gasteiger partial charge in [0.15, 0.2) is 5.82 Å².